The molecular weight excluding hydrogens is 390 g/mol. The van der Waals surface area contributed by atoms with Crippen LogP contribution >= 0.6 is 15.9 Å². The summed E-state index contributed by atoms with van der Waals surface area (Å²) in [6.45, 7) is 4.91. The Hall–Kier alpha value is -2.11. The molecule has 132 valence electrons. The van der Waals surface area contributed by atoms with Crippen LogP contribution in [0.1, 0.15) is 30.7 Å². The highest BCUT2D eigenvalue weighted by Crippen LogP contribution is 2.49. The van der Waals surface area contributed by atoms with Gasteiger partial charge in [-0.1, -0.05) is 34.1 Å². The number of hydrogen-bond donors (Lipinski definition) is 2. The van der Waals surface area contributed by atoms with Crippen LogP contribution in [0.3, 0.4) is 0 Å². The standard InChI is InChI=1S/C21H20BrN3O/c1-12(2)25-18-8-7-13(22)11-16(18)21(20(25)26)19-15(9-10-23-21)14-5-3-4-6-17(14)24-19/h3-8,11-12,23-24H,9-10H2,1-2H3/t21-/m1/s1. The van der Waals surface area contributed by atoms with E-state index < -0.39 is 5.54 Å². The van der Waals surface area contributed by atoms with E-state index in [1.54, 1.807) is 0 Å². The first-order chi connectivity index (χ1) is 12.5. The number of aromatic nitrogens is 1. The lowest BCUT2D eigenvalue weighted by atomic mass is 9.82. The molecule has 3 heterocycles. The van der Waals surface area contributed by atoms with Crippen molar-refractivity contribution in [3.63, 3.8) is 0 Å². The van der Waals surface area contributed by atoms with E-state index in [1.165, 1.54) is 10.9 Å². The van der Waals surface area contributed by atoms with Gasteiger partial charge in [-0.15, -0.1) is 0 Å². The molecule has 2 aliphatic rings. The minimum Gasteiger partial charge on any atom is -0.356 e. The molecule has 0 saturated carbocycles. The number of aromatic amines is 1. The van der Waals surface area contributed by atoms with E-state index >= 15 is 0 Å². The van der Waals surface area contributed by atoms with Crippen molar-refractivity contribution >= 4 is 38.4 Å². The van der Waals surface area contributed by atoms with Crippen LogP contribution in [0.4, 0.5) is 5.69 Å². The molecule has 5 heteroatoms. The summed E-state index contributed by atoms with van der Waals surface area (Å²) in [6.07, 6.45) is 0.916. The Morgan fingerprint density at radius 1 is 1.19 bits per heavy atom. The molecule has 1 atom stereocenters. The number of rotatable bonds is 1. The summed E-state index contributed by atoms with van der Waals surface area (Å²) < 4.78 is 0.985. The lowest BCUT2D eigenvalue weighted by Gasteiger charge is -2.34. The zero-order valence-electron chi connectivity index (χ0n) is 14.8. The van der Waals surface area contributed by atoms with Crippen LogP contribution in [0.25, 0.3) is 10.9 Å². The van der Waals surface area contributed by atoms with Crippen molar-refractivity contribution in [3.8, 4) is 0 Å². The van der Waals surface area contributed by atoms with Crippen molar-refractivity contribution in [2.75, 3.05) is 11.4 Å². The molecule has 5 rings (SSSR count). The first-order valence-electron chi connectivity index (χ1n) is 9.03. The molecule has 2 aromatic carbocycles. The van der Waals surface area contributed by atoms with E-state index in [2.05, 4.69) is 64.3 Å². The molecule has 2 N–H and O–H groups in total. The highest BCUT2D eigenvalue weighted by atomic mass is 79.9. The van der Waals surface area contributed by atoms with Crippen molar-refractivity contribution in [1.82, 2.24) is 10.3 Å². The fourth-order valence-electron chi connectivity index (χ4n) is 4.59. The minimum atomic E-state index is -0.837. The second kappa shape index (κ2) is 5.44. The Bertz CT molecular complexity index is 1050. The monoisotopic (exact) mass is 409 g/mol. The lowest BCUT2D eigenvalue weighted by Crippen LogP contribution is -2.56. The van der Waals surface area contributed by atoms with Gasteiger partial charge >= 0.3 is 0 Å². The highest BCUT2D eigenvalue weighted by molar-refractivity contribution is 9.10. The normalized spacial score (nSPS) is 21.7. The van der Waals surface area contributed by atoms with Crippen LogP contribution in [0.2, 0.25) is 0 Å². The molecule has 0 radical (unpaired) electrons. The SMILES string of the molecule is CC(C)N1C(=O)[C@@]2(NCCc3c2[nH]c2ccccc32)c2cc(Br)ccc21. The number of fused-ring (bicyclic) bond motifs is 6. The smallest absolute Gasteiger partial charge is 0.258 e. The summed E-state index contributed by atoms with van der Waals surface area (Å²) in [6, 6.07) is 14.6. The number of carbonyl (C=O) groups excluding carboxylic acids is 1. The number of halogens is 1. The van der Waals surface area contributed by atoms with E-state index in [-0.39, 0.29) is 11.9 Å². The fraction of sp³-hybridized carbons (Fsp3) is 0.286. The van der Waals surface area contributed by atoms with Gasteiger partial charge in [0.05, 0.1) is 11.4 Å². The molecule has 0 saturated heterocycles. The maximum absolute atomic E-state index is 13.8. The van der Waals surface area contributed by atoms with Crippen LogP contribution in [0.15, 0.2) is 46.9 Å². The largest absolute Gasteiger partial charge is 0.356 e. The van der Waals surface area contributed by atoms with E-state index in [0.717, 1.165) is 39.9 Å². The fourth-order valence-corrected chi connectivity index (χ4v) is 4.95. The van der Waals surface area contributed by atoms with Gasteiger partial charge in [0.15, 0.2) is 5.54 Å². The van der Waals surface area contributed by atoms with Crippen molar-refractivity contribution in [1.29, 1.82) is 0 Å². The van der Waals surface area contributed by atoms with E-state index in [4.69, 9.17) is 0 Å². The van der Waals surface area contributed by atoms with E-state index in [9.17, 15) is 4.79 Å². The summed E-state index contributed by atoms with van der Waals surface area (Å²) in [5.41, 5.74) is 4.52. The minimum absolute atomic E-state index is 0.0957. The zero-order valence-corrected chi connectivity index (χ0v) is 16.4. The van der Waals surface area contributed by atoms with Crippen molar-refractivity contribution < 1.29 is 4.79 Å². The first kappa shape index (κ1) is 16.1. The van der Waals surface area contributed by atoms with Gasteiger partial charge in [-0.25, -0.2) is 0 Å². The lowest BCUT2D eigenvalue weighted by molar-refractivity contribution is -0.123. The van der Waals surface area contributed by atoms with Gasteiger partial charge in [0.2, 0.25) is 0 Å². The number of nitrogens with zero attached hydrogens (tertiary/aromatic N) is 1. The Labute approximate surface area is 160 Å². The molecule has 0 bridgehead atoms. The van der Waals surface area contributed by atoms with Crippen LogP contribution < -0.4 is 10.2 Å². The summed E-state index contributed by atoms with van der Waals surface area (Å²) in [4.78, 5) is 19.3. The molecule has 0 aliphatic carbocycles. The Morgan fingerprint density at radius 3 is 2.81 bits per heavy atom. The molecular formula is C21H20BrN3O. The number of amides is 1. The Morgan fingerprint density at radius 2 is 2.00 bits per heavy atom. The molecule has 1 spiro atoms. The predicted octanol–water partition coefficient (Wildman–Crippen LogP) is 4.07. The van der Waals surface area contributed by atoms with Crippen LogP contribution in [0, 0.1) is 0 Å². The number of para-hydroxylation sites is 1. The molecule has 2 aliphatic heterocycles. The molecule has 26 heavy (non-hydrogen) atoms. The molecule has 4 nitrogen and oxygen atoms in total. The Kier molecular flexibility index (Phi) is 3.37. The summed E-state index contributed by atoms with van der Waals surface area (Å²) in [5, 5.41) is 4.80. The molecule has 3 aromatic rings. The average molecular weight is 410 g/mol. The maximum atomic E-state index is 13.8. The van der Waals surface area contributed by atoms with Gasteiger partial charge in [0.1, 0.15) is 0 Å². The van der Waals surface area contributed by atoms with Gasteiger partial charge in [-0.3, -0.25) is 10.1 Å². The number of carbonyl (C=O) groups is 1. The second-order valence-corrected chi connectivity index (χ2v) is 8.30. The van der Waals surface area contributed by atoms with Crippen molar-refractivity contribution in [2.45, 2.75) is 31.8 Å². The zero-order chi connectivity index (χ0) is 18.1. The predicted molar refractivity (Wildman–Crippen MR) is 108 cm³/mol. The summed E-state index contributed by atoms with van der Waals surface area (Å²) in [5.74, 6) is 0.105. The number of benzene rings is 2. The summed E-state index contributed by atoms with van der Waals surface area (Å²) >= 11 is 3.60. The number of hydrogen-bond acceptors (Lipinski definition) is 2. The third kappa shape index (κ3) is 1.90. The summed E-state index contributed by atoms with van der Waals surface area (Å²) in [7, 11) is 0. The van der Waals surface area contributed by atoms with Gasteiger partial charge in [0, 0.05) is 33.5 Å². The third-order valence-corrected chi connectivity index (χ3v) is 6.13. The van der Waals surface area contributed by atoms with Gasteiger partial charge in [-0.2, -0.15) is 0 Å². The number of H-pyrrole nitrogens is 1. The van der Waals surface area contributed by atoms with E-state index in [1.807, 2.05) is 23.1 Å². The number of nitrogens with one attached hydrogen (secondary N) is 2. The second-order valence-electron chi connectivity index (χ2n) is 7.38. The van der Waals surface area contributed by atoms with Gasteiger partial charge < -0.3 is 9.88 Å². The maximum Gasteiger partial charge on any atom is 0.258 e. The van der Waals surface area contributed by atoms with Crippen LogP contribution in [0.5, 0.6) is 0 Å². The van der Waals surface area contributed by atoms with Crippen molar-refractivity contribution in [2.24, 2.45) is 0 Å². The Balaban J connectivity index is 1.86. The molecule has 0 unspecified atom stereocenters. The van der Waals surface area contributed by atoms with Crippen LogP contribution in [-0.2, 0) is 16.8 Å². The topological polar surface area (TPSA) is 48.1 Å². The third-order valence-electron chi connectivity index (χ3n) is 5.63. The number of anilines is 1. The van der Waals surface area contributed by atoms with Gasteiger partial charge in [-0.05, 0) is 50.1 Å². The van der Waals surface area contributed by atoms with Crippen LogP contribution in [-0.4, -0.2) is 23.5 Å². The highest BCUT2D eigenvalue weighted by Gasteiger charge is 2.55. The molecule has 1 amide bonds. The molecule has 0 fully saturated rings. The first-order valence-corrected chi connectivity index (χ1v) is 9.82. The quantitative estimate of drug-likeness (QED) is 0.636. The average Bonchev–Trinajstić information content (AvgIpc) is 3.11. The van der Waals surface area contributed by atoms with Crippen molar-refractivity contribution in [3.05, 3.63) is 63.8 Å². The van der Waals surface area contributed by atoms with E-state index in [0.29, 0.717) is 0 Å². The van der Waals surface area contributed by atoms with Gasteiger partial charge in [0.25, 0.3) is 5.91 Å². The molecule has 1 aromatic heterocycles.